The van der Waals surface area contributed by atoms with Crippen molar-refractivity contribution < 1.29 is 4.79 Å². The summed E-state index contributed by atoms with van der Waals surface area (Å²) in [5.41, 5.74) is 1.26. The van der Waals surface area contributed by atoms with Gasteiger partial charge in [0, 0.05) is 12.3 Å². The summed E-state index contributed by atoms with van der Waals surface area (Å²) in [4.78, 5) is 11.6. The van der Waals surface area contributed by atoms with E-state index in [0.717, 1.165) is 24.8 Å². The molecule has 0 aliphatic heterocycles. The zero-order valence-corrected chi connectivity index (χ0v) is 12.3. The van der Waals surface area contributed by atoms with Crippen molar-refractivity contribution in [3.8, 4) is 0 Å². The molecule has 0 heterocycles. The Kier molecular flexibility index (Phi) is 9.51. The Balaban J connectivity index is 0. The van der Waals surface area contributed by atoms with Crippen molar-refractivity contribution >= 4 is 5.78 Å². The van der Waals surface area contributed by atoms with Gasteiger partial charge in [-0.05, 0) is 25.2 Å². The molecule has 0 bridgehead atoms. The Morgan fingerprint density at radius 3 is 2.00 bits per heavy atom. The van der Waals surface area contributed by atoms with Gasteiger partial charge in [0.1, 0.15) is 5.78 Å². The van der Waals surface area contributed by atoms with E-state index in [0.29, 0.717) is 5.78 Å². The van der Waals surface area contributed by atoms with E-state index in [-0.39, 0.29) is 11.3 Å². The monoisotopic (exact) mass is 226 g/mol. The van der Waals surface area contributed by atoms with E-state index in [1.807, 2.05) is 34.6 Å². The fourth-order valence-corrected chi connectivity index (χ4v) is 1.90. The zero-order chi connectivity index (χ0) is 13.4. The van der Waals surface area contributed by atoms with E-state index in [1.54, 1.807) is 0 Å². The summed E-state index contributed by atoms with van der Waals surface area (Å²) in [5.74, 6) is 0.539. The molecule has 0 radical (unpaired) electrons. The second-order valence-electron chi connectivity index (χ2n) is 4.74. The summed E-state index contributed by atoms with van der Waals surface area (Å²) in [5, 5.41) is 0. The van der Waals surface area contributed by atoms with Crippen LogP contribution < -0.4 is 0 Å². The lowest BCUT2D eigenvalue weighted by molar-refractivity contribution is -0.126. The number of ketones is 1. The number of hydrogen-bond acceptors (Lipinski definition) is 1. The second kappa shape index (κ2) is 8.55. The Morgan fingerprint density at radius 1 is 1.25 bits per heavy atom. The third-order valence-electron chi connectivity index (χ3n) is 2.75. The average molecular weight is 226 g/mol. The number of carbonyl (C=O) groups excluding carboxylic acids is 1. The SMILES string of the molecule is C=C(C)C1CCC(C)(C)CC1=O.CC.CC. The molecule has 1 rings (SSSR count). The van der Waals surface area contributed by atoms with Crippen LogP contribution in [-0.2, 0) is 4.79 Å². The molecule has 1 heteroatoms. The van der Waals surface area contributed by atoms with Crippen molar-refractivity contribution in [2.45, 2.75) is 67.7 Å². The third-order valence-corrected chi connectivity index (χ3v) is 2.75. The highest BCUT2D eigenvalue weighted by molar-refractivity contribution is 5.84. The number of carbonyl (C=O) groups is 1. The lowest BCUT2D eigenvalue weighted by Crippen LogP contribution is -2.30. The Hall–Kier alpha value is -0.590. The summed E-state index contributed by atoms with van der Waals surface area (Å²) in [7, 11) is 0. The molecule has 1 aliphatic carbocycles. The van der Waals surface area contributed by atoms with Crippen molar-refractivity contribution in [2.24, 2.45) is 11.3 Å². The first-order valence-corrected chi connectivity index (χ1v) is 6.60. The minimum absolute atomic E-state index is 0.151. The largest absolute Gasteiger partial charge is 0.299 e. The van der Waals surface area contributed by atoms with Gasteiger partial charge >= 0.3 is 0 Å². The fourth-order valence-electron chi connectivity index (χ4n) is 1.90. The van der Waals surface area contributed by atoms with E-state index in [2.05, 4.69) is 20.4 Å². The molecule has 0 aromatic rings. The van der Waals surface area contributed by atoms with Crippen molar-refractivity contribution in [1.29, 1.82) is 0 Å². The molecule has 16 heavy (non-hydrogen) atoms. The van der Waals surface area contributed by atoms with Crippen LogP contribution >= 0.6 is 0 Å². The van der Waals surface area contributed by atoms with E-state index >= 15 is 0 Å². The third kappa shape index (κ3) is 6.09. The highest BCUT2D eigenvalue weighted by Crippen LogP contribution is 2.37. The van der Waals surface area contributed by atoms with Crippen LogP contribution in [0.3, 0.4) is 0 Å². The maximum atomic E-state index is 11.6. The van der Waals surface area contributed by atoms with E-state index in [9.17, 15) is 4.79 Å². The molecule has 1 saturated carbocycles. The minimum Gasteiger partial charge on any atom is -0.299 e. The summed E-state index contributed by atoms with van der Waals surface area (Å²) in [6.07, 6.45) is 2.88. The summed E-state index contributed by atoms with van der Waals surface area (Å²) in [6.45, 7) is 18.1. The van der Waals surface area contributed by atoms with Gasteiger partial charge in [0.25, 0.3) is 0 Å². The molecular weight excluding hydrogens is 196 g/mol. The lowest BCUT2D eigenvalue weighted by Gasteiger charge is -2.33. The molecular formula is C15H30O. The zero-order valence-electron chi connectivity index (χ0n) is 12.3. The van der Waals surface area contributed by atoms with Gasteiger partial charge in [0.15, 0.2) is 0 Å². The molecule has 1 unspecified atom stereocenters. The molecule has 1 aliphatic rings. The topological polar surface area (TPSA) is 17.1 Å². The molecule has 0 N–H and O–H groups in total. The second-order valence-corrected chi connectivity index (χ2v) is 4.74. The highest BCUT2D eigenvalue weighted by atomic mass is 16.1. The van der Waals surface area contributed by atoms with Crippen molar-refractivity contribution in [1.82, 2.24) is 0 Å². The van der Waals surface area contributed by atoms with Crippen LogP contribution in [0.4, 0.5) is 0 Å². The first-order chi connectivity index (χ1) is 7.42. The van der Waals surface area contributed by atoms with E-state index in [1.165, 1.54) is 0 Å². The minimum atomic E-state index is 0.151. The normalized spacial score (nSPS) is 22.2. The summed E-state index contributed by atoms with van der Waals surface area (Å²) < 4.78 is 0. The van der Waals surface area contributed by atoms with Gasteiger partial charge in [-0.3, -0.25) is 4.79 Å². The standard InChI is InChI=1S/C11H18O.2C2H6/c1-8(2)9-5-6-11(3,4)7-10(9)12;2*1-2/h9H,1,5-7H2,2-4H3;2*1-2H3. The smallest absolute Gasteiger partial charge is 0.140 e. The van der Waals surface area contributed by atoms with Gasteiger partial charge in [-0.15, -0.1) is 0 Å². The van der Waals surface area contributed by atoms with Crippen LogP contribution in [0.1, 0.15) is 67.7 Å². The fraction of sp³-hybridized carbons (Fsp3) is 0.800. The Labute approximate surface area is 102 Å². The molecule has 0 spiro atoms. The number of rotatable bonds is 1. The number of allylic oxidation sites excluding steroid dienone is 1. The molecule has 96 valence electrons. The van der Waals surface area contributed by atoms with Gasteiger partial charge in [-0.1, -0.05) is 53.7 Å². The van der Waals surface area contributed by atoms with Crippen LogP contribution in [0, 0.1) is 11.3 Å². The molecule has 0 saturated heterocycles. The molecule has 0 aromatic heterocycles. The van der Waals surface area contributed by atoms with Crippen LogP contribution in [0.2, 0.25) is 0 Å². The van der Waals surface area contributed by atoms with Crippen LogP contribution in [-0.4, -0.2) is 5.78 Å². The maximum Gasteiger partial charge on any atom is 0.140 e. The summed E-state index contributed by atoms with van der Waals surface area (Å²) >= 11 is 0. The van der Waals surface area contributed by atoms with E-state index in [4.69, 9.17) is 0 Å². The molecule has 0 amide bonds. The number of hydrogen-bond donors (Lipinski definition) is 0. The van der Waals surface area contributed by atoms with Crippen LogP contribution in [0.15, 0.2) is 12.2 Å². The highest BCUT2D eigenvalue weighted by Gasteiger charge is 2.33. The van der Waals surface area contributed by atoms with Gasteiger partial charge in [0.05, 0.1) is 0 Å². The van der Waals surface area contributed by atoms with Gasteiger partial charge in [0.2, 0.25) is 0 Å². The Morgan fingerprint density at radius 2 is 1.69 bits per heavy atom. The predicted octanol–water partition coefficient (Wildman–Crippen LogP) is 5.01. The quantitative estimate of drug-likeness (QED) is 0.574. The van der Waals surface area contributed by atoms with Gasteiger partial charge in [-0.25, -0.2) is 0 Å². The molecule has 1 atom stereocenters. The van der Waals surface area contributed by atoms with Gasteiger partial charge < -0.3 is 0 Å². The van der Waals surface area contributed by atoms with Crippen LogP contribution in [0.5, 0.6) is 0 Å². The van der Waals surface area contributed by atoms with E-state index < -0.39 is 0 Å². The van der Waals surface area contributed by atoms with Crippen LogP contribution in [0.25, 0.3) is 0 Å². The molecule has 1 fully saturated rings. The lowest BCUT2D eigenvalue weighted by atomic mass is 9.71. The molecule has 0 aromatic carbocycles. The van der Waals surface area contributed by atoms with Crippen molar-refractivity contribution in [2.75, 3.05) is 0 Å². The average Bonchev–Trinajstić information content (AvgIpc) is 2.21. The van der Waals surface area contributed by atoms with Gasteiger partial charge in [-0.2, -0.15) is 0 Å². The maximum absolute atomic E-state index is 11.6. The first-order valence-electron chi connectivity index (χ1n) is 6.60. The van der Waals surface area contributed by atoms with Crippen molar-refractivity contribution in [3.63, 3.8) is 0 Å². The summed E-state index contributed by atoms with van der Waals surface area (Å²) in [6, 6.07) is 0. The predicted molar refractivity (Wildman–Crippen MR) is 73.6 cm³/mol. The van der Waals surface area contributed by atoms with Crippen molar-refractivity contribution in [3.05, 3.63) is 12.2 Å². The Bertz CT molecular complexity index is 213. The first kappa shape index (κ1) is 17.8. The number of Topliss-reactive ketones (excluding diaryl/α,β-unsaturated/α-hetero) is 1. The molecule has 1 nitrogen and oxygen atoms in total.